The van der Waals surface area contributed by atoms with E-state index in [-0.39, 0.29) is 10.6 Å². The summed E-state index contributed by atoms with van der Waals surface area (Å²) in [6.45, 7) is 2.23. The second kappa shape index (κ2) is 10.6. The van der Waals surface area contributed by atoms with Crippen LogP contribution < -0.4 is 5.32 Å². The number of hydrogen-bond donors (Lipinski definition) is 1. The number of piperazine rings is 1. The number of nitrogens with zero attached hydrogens (tertiary/aromatic N) is 2. The van der Waals surface area contributed by atoms with E-state index in [9.17, 15) is 26.4 Å². The summed E-state index contributed by atoms with van der Waals surface area (Å²) >= 11 is 5.64. The quantitative estimate of drug-likeness (QED) is 0.474. The Morgan fingerprint density at radius 1 is 0.917 bits per heavy atom. The number of anilines is 1. The summed E-state index contributed by atoms with van der Waals surface area (Å²) in [5.74, 6) is -0.550. The smallest absolute Gasteiger partial charge is 0.322 e. The van der Waals surface area contributed by atoms with Gasteiger partial charge in [-0.15, -0.1) is 0 Å². The van der Waals surface area contributed by atoms with Gasteiger partial charge in [-0.2, -0.15) is 17.5 Å². The Kier molecular flexibility index (Phi) is 7.70. The van der Waals surface area contributed by atoms with Crippen LogP contribution in [-0.4, -0.2) is 49.7 Å². The van der Waals surface area contributed by atoms with Crippen LogP contribution in [0.5, 0.6) is 0 Å². The molecule has 0 radical (unpaired) electrons. The Labute approximate surface area is 212 Å². The minimum atomic E-state index is -4.64. The molecule has 36 heavy (non-hydrogen) atoms. The zero-order chi connectivity index (χ0) is 25.9. The maximum Gasteiger partial charge on any atom is 0.417 e. The van der Waals surface area contributed by atoms with Gasteiger partial charge in [-0.25, -0.2) is 8.42 Å². The summed E-state index contributed by atoms with van der Waals surface area (Å²) in [6.07, 6.45) is -4.64. The molecule has 1 fully saturated rings. The van der Waals surface area contributed by atoms with Crippen molar-refractivity contribution in [1.29, 1.82) is 0 Å². The first-order valence-corrected chi connectivity index (χ1v) is 12.9. The van der Waals surface area contributed by atoms with E-state index in [1.165, 1.54) is 10.4 Å². The van der Waals surface area contributed by atoms with Gasteiger partial charge in [-0.3, -0.25) is 9.69 Å². The highest BCUT2D eigenvalue weighted by atomic mass is 35.5. The number of benzene rings is 3. The topological polar surface area (TPSA) is 69.7 Å². The summed E-state index contributed by atoms with van der Waals surface area (Å²) in [5, 5.41) is 2.04. The van der Waals surface area contributed by atoms with Crippen molar-refractivity contribution < 1.29 is 26.4 Å². The summed E-state index contributed by atoms with van der Waals surface area (Å²) in [5.41, 5.74) is 0.0809. The van der Waals surface area contributed by atoms with Crippen LogP contribution in [0, 0.1) is 0 Å². The van der Waals surface area contributed by atoms with Crippen molar-refractivity contribution in [2.75, 3.05) is 31.5 Å². The van der Waals surface area contributed by atoms with Crippen LogP contribution in [-0.2, 0) is 22.7 Å². The van der Waals surface area contributed by atoms with Crippen molar-refractivity contribution in [3.05, 3.63) is 94.5 Å². The number of hydrogen-bond acceptors (Lipinski definition) is 4. The molecular weight excluding hydrogens is 515 g/mol. The number of carbonyl (C=O) groups excluding carboxylic acids is 1. The molecular formula is C25H23ClF3N3O3S. The first-order chi connectivity index (χ1) is 17.0. The van der Waals surface area contributed by atoms with Crippen LogP contribution in [0.4, 0.5) is 18.9 Å². The van der Waals surface area contributed by atoms with E-state index in [0.29, 0.717) is 38.3 Å². The summed E-state index contributed by atoms with van der Waals surface area (Å²) in [7, 11) is -3.55. The molecule has 0 aliphatic carbocycles. The fourth-order valence-electron chi connectivity index (χ4n) is 3.96. The number of halogens is 4. The third-order valence-corrected chi connectivity index (χ3v) is 8.08. The molecule has 11 heteroatoms. The molecule has 1 N–H and O–H groups in total. The number of alkyl halides is 3. The lowest BCUT2D eigenvalue weighted by atomic mass is 10.1. The number of carbonyl (C=O) groups is 1. The minimum absolute atomic E-state index is 0.0159. The normalized spacial score (nSPS) is 15.6. The second-order valence-electron chi connectivity index (χ2n) is 8.34. The van der Waals surface area contributed by atoms with Gasteiger partial charge in [0.1, 0.15) is 0 Å². The van der Waals surface area contributed by atoms with E-state index in [1.54, 1.807) is 48.5 Å². The lowest BCUT2D eigenvalue weighted by Gasteiger charge is -2.34. The largest absolute Gasteiger partial charge is 0.417 e. The van der Waals surface area contributed by atoms with Crippen molar-refractivity contribution in [3.63, 3.8) is 0 Å². The molecule has 1 saturated heterocycles. The second-order valence-corrected chi connectivity index (χ2v) is 10.7. The van der Waals surface area contributed by atoms with Crippen molar-refractivity contribution >= 4 is 33.2 Å². The van der Waals surface area contributed by atoms with E-state index in [1.807, 2.05) is 6.07 Å². The van der Waals surface area contributed by atoms with E-state index in [4.69, 9.17) is 11.6 Å². The molecule has 0 unspecified atom stereocenters. The molecule has 6 nitrogen and oxygen atoms in total. The van der Waals surface area contributed by atoms with Crippen LogP contribution in [0.1, 0.15) is 21.5 Å². The lowest BCUT2D eigenvalue weighted by molar-refractivity contribution is -0.137. The predicted octanol–water partition coefficient (Wildman–Crippen LogP) is 5.12. The summed E-state index contributed by atoms with van der Waals surface area (Å²) in [6, 6.07) is 18.3. The number of amides is 1. The van der Waals surface area contributed by atoms with Crippen molar-refractivity contribution in [2.45, 2.75) is 17.6 Å². The predicted molar refractivity (Wildman–Crippen MR) is 131 cm³/mol. The van der Waals surface area contributed by atoms with Crippen LogP contribution in [0.15, 0.2) is 77.7 Å². The number of sulfonamides is 1. The molecule has 0 bridgehead atoms. The molecule has 1 heterocycles. The molecule has 0 spiro atoms. The fourth-order valence-corrected chi connectivity index (χ4v) is 5.63. The zero-order valence-electron chi connectivity index (χ0n) is 19.0. The fraction of sp³-hybridized carbons (Fsp3) is 0.240. The molecule has 0 atom stereocenters. The molecule has 190 valence electrons. The lowest BCUT2D eigenvalue weighted by Crippen LogP contribution is -2.48. The highest BCUT2D eigenvalue weighted by molar-refractivity contribution is 7.89. The van der Waals surface area contributed by atoms with Crippen LogP contribution in [0.25, 0.3) is 0 Å². The zero-order valence-corrected chi connectivity index (χ0v) is 20.6. The highest BCUT2D eigenvalue weighted by Gasteiger charge is 2.33. The van der Waals surface area contributed by atoms with Gasteiger partial charge in [0.15, 0.2) is 0 Å². The van der Waals surface area contributed by atoms with Gasteiger partial charge >= 0.3 is 6.18 Å². The monoisotopic (exact) mass is 537 g/mol. The maximum atomic E-state index is 13.1. The SMILES string of the molecule is O=C(Nc1ccc(Cl)c(C(F)(F)F)c1)c1cccc(CN2CCN(S(=O)(=O)c3ccccc3)CC2)c1. The van der Waals surface area contributed by atoms with Crippen LogP contribution in [0.2, 0.25) is 5.02 Å². The van der Waals surface area contributed by atoms with E-state index < -0.39 is 32.7 Å². The Hall–Kier alpha value is -2.92. The van der Waals surface area contributed by atoms with Gasteiger partial charge in [0.2, 0.25) is 10.0 Å². The Bertz CT molecular complexity index is 1340. The van der Waals surface area contributed by atoms with Gasteiger partial charge in [-0.1, -0.05) is 41.9 Å². The van der Waals surface area contributed by atoms with E-state index in [0.717, 1.165) is 17.7 Å². The minimum Gasteiger partial charge on any atom is -0.322 e. The molecule has 1 aliphatic heterocycles. The average molecular weight is 538 g/mol. The third-order valence-electron chi connectivity index (χ3n) is 5.84. The van der Waals surface area contributed by atoms with Gasteiger partial charge in [0.25, 0.3) is 5.91 Å². The molecule has 3 aromatic carbocycles. The first-order valence-electron chi connectivity index (χ1n) is 11.1. The molecule has 0 aromatic heterocycles. The summed E-state index contributed by atoms with van der Waals surface area (Å²) < 4.78 is 66.4. The average Bonchev–Trinajstić information content (AvgIpc) is 2.85. The van der Waals surface area contributed by atoms with E-state index >= 15 is 0 Å². The summed E-state index contributed by atoms with van der Waals surface area (Å²) in [4.78, 5) is 15.0. The maximum absolute atomic E-state index is 13.1. The number of nitrogens with one attached hydrogen (secondary N) is 1. The van der Waals surface area contributed by atoms with Crippen LogP contribution in [0.3, 0.4) is 0 Å². The molecule has 0 saturated carbocycles. The van der Waals surface area contributed by atoms with Crippen molar-refractivity contribution in [2.24, 2.45) is 0 Å². The van der Waals surface area contributed by atoms with Crippen molar-refractivity contribution in [3.8, 4) is 0 Å². The van der Waals surface area contributed by atoms with Gasteiger partial charge in [-0.05, 0) is 48.0 Å². The molecule has 3 aromatic rings. The van der Waals surface area contributed by atoms with E-state index in [2.05, 4.69) is 10.2 Å². The Morgan fingerprint density at radius 3 is 2.28 bits per heavy atom. The molecule has 1 aliphatic rings. The van der Waals surface area contributed by atoms with Gasteiger partial charge in [0, 0.05) is 44.0 Å². The Balaban J connectivity index is 1.38. The third kappa shape index (κ3) is 6.07. The van der Waals surface area contributed by atoms with Crippen molar-refractivity contribution in [1.82, 2.24) is 9.21 Å². The van der Waals surface area contributed by atoms with Gasteiger partial charge < -0.3 is 5.32 Å². The first kappa shape index (κ1) is 26.2. The molecule has 1 amide bonds. The highest BCUT2D eigenvalue weighted by Crippen LogP contribution is 2.36. The standard InChI is InChI=1S/C25H23ClF3N3O3S/c26-23-10-9-20(16-22(23)25(27,28)29)30-24(33)19-6-4-5-18(15-19)17-31-11-13-32(14-12-31)36(34,35)21-7-2-1-3-8-21/h1-10,15-16H,11-14,17H2,(H,30,33). The molecule has 4 rings (SSSR count). The van der Waals surface area contributed by atoms with Crippen LogP contribution >= 0.6 is 11.6 Å². The van der Waals surface area contributed by atoms with Gasteiger partial charge in [0.05, 0.1) is 15.5 Å². The Morgan fingerprint density at radius 2 is 1.61 bits per heavy atom. The number of rotatable bonds is 6.